The largest absolute Gasteiger partial charge is 0.467 e. The van der Waals surface area contributed by atoms with Crippen LogP contribution in [0.15, 0.2) is 84.9 Å². The van der Waals surface area contributed by atoms with Crippen LogP contribution in [0.2, 0.25) is 0 Å². The Balaban J connectivity index is 1.87. The van der Waals surface area contributed by atoms with Crippen LogP contribution < -0.4 is 5.32 Å². The summed E-state index contributed by atoms with van der Waals surface area (Å²) in [6, 6.07) is 25.6. The van der Waals surface area contributed by atoms with Gasteiger partial charge in [-0.1, -0.05) is 85.8 Å². The maximum Gasteiger partial charge on any atom is 0.333 e. The average molecular weight is 425 g/mol. The number of nitrogens with zero attached hydrogens (tertiary/aromatic N) is 1. The van der Waals surface area contributed by atoms with Crippen LogP contribution in [0.3, 0.4) is 0 Å². The number of ether oxygens (including phenoxy) is 1. The summed E-state index contributed by atoms with van der Waals surface area (Å²) in [5.74, 6) is -0.860. The van der Waals surface area contributed by atoms with Crippen LogP contribution in [-0.2, 0) is 16.0 Å². The second kappa shape index (κ2) is 9.43. The van der Waals surface area contributed by atoms with Gasteiger partial charge in [0.15, 0.2) is 6.04 Å². The number of esters is 1. The van der Waals surface area contributed by atoms with Gasteiger partial charge in [0.2, 0.25) is 0 Å². The highest BCUT2D eigenvalue weighted by atomic mass is 16.5. The number of para-hydroxylation sites is 1. The molecular formula is C27H24N2O3. The Kier molecular flexibility index (Phi) is 6.26. The molecule has 0 radical (unpaired) electrons. The van der Waals surface area contributed by atoms with Crippen LogP contribution in [0.5, 0.6) is 0 Å². The quantitative estimate of drug-likeness (QED) is 0.437. The Labute approximate surface area is 187 Å². The third-order valence-corrected chi connectivity index (χ3v) is 5.47. The van der Waals surface area contributed by atoms with Crippen LogP contribution in [0.4, 0.5) is 0 Å². The number of amides is 1. The van der Waals surface area contributed by atoms with Crippen molar-refractivity contribution in [1.29, 1.82) is 0 Å². The zero-order valence-electron chi connectivity index (χ0n) is 18.0. The third-order valence-electron chi connectivity index (χ3n) is 5.47. The lowest BCUT2D eigenvalue weighted by molar-refractivity contribution is -0.143. The van der Waals surface area contributed by atoms with E-state index in [0.29, 0.717) is 17.5 Å². The predicted molar refractivity (Wildman–Crippen MR) is 125 cm³/mol. The van der Waals surface area contributed by atoms with Crippen molar-refractivity contribution >= 4 is 22.8 Å². The number of rotatable bonds is 6. The molecule has 1 unspecified atom stereocenters. The van der Waals surface area contributed by atoms with Gasteiger partial charge in [0.25, 0.3) is 5.91 Å². The summed E-state index contributed by atoms with van der Waals surface area (Å²) < 4.78 is 4.97. The molecule has 3 aromatic carbocycles. The SMILES string of the molecule is CCc1c(-c2ccccc2)nc2ccccc2c1C(=O)NC(C(=O)OC)c1ccccc1. The minimum atomic E-state index is -0.912. The Morgan fingerprint density at radius 1 is 0.906 bits per heavy atom. The maximum absolute atomic E-state index is 13.7. The van der Waals surface area contributed by atoms with E-state index in [1.54, 1.807) is 12.1 Å². The number of benzene rings is 3. The Morgan fingerprint density at radius 3 is 2.19 bits per heavy atom. The zero-order chi connectivity index (χ0) is 22.5. The molecule has 0 aliphatic carbocycles. The molecule has 1 aromatic heterocycles. The van der Waals surface area contributed by atoms with E-state index in [-0.39, 0.29) is 5.91 Å². The van der Waals surface area contributed by atoms with E-state index in [9.17, 15) is 9.59 Å². The predicted octanol–water partition coefficient (Wildman–Crippen LogP) is 5.11. The first-order chi connectivity index (χ1) is 15.6. The van der Waals surface area contributed by atoms with Gasteiger partial charge in [-0.05, 0) is 23.6 Å². The van der Waals surface area contributed by atoms with Gasteiger partial charge >= 0.3 is 5.97 Å². The molecule has 0 bridgehead atoms. The summed E-state index contributed by atoms with van der Waals surface area (Å²) in [4.78, 5) is 31.1. The fourth-order valence-corrected chi connectivity index (χ4v) is 3.93. The summed E-state index contributed by atoms with van der Waals surface area (Å²) in [6.07, 6.45) is 0.610. The van der Waals surface area contributed by atoms with E-state index in [2.05, 4.69) is 5.32 Å². The van der Waals surface area contributed by atoms with Gasteiger partial charge in [0.05, 0.1) is 23.9 Å². The molecule has 0 aliphatic heterocycles. The second-order valence-corrected chi connectivity index (χ2v) is 7.39. The minimum Gasteiger partial charge on any atom is -0.467 e. The molecule has 0 aliphatic rings. The van der Waals surface area contributed by atoms with Crippen LogP contribution >= 0.6 is 0 Å². The number of carbonyl (C=O) groups is 2. The van der Waals surface area contributed by atoms with Crippen molar-refractivity contribution in [2.24, 2.45) is 0 Å². The topological polar surface area (TPSA) is 68.3 Å². The van der Waals surface area contributed by atoms with Crippen molar-refractivity contribution in [2.45, 2.75) is 19.4 Å². The Bertz CT molecular complexity index is 1250. The molecular weight excluding hydrogens is 400 g/mol. The summed E-state index contributed by atoms with van der Waals surface area (Å²) >= 11 is 0. The molecule has 1 heterocycles. The molecule has 1 amide bonds. The molecule has 1 N–H and O–H groups in total. The number of nitrogens with one attached hydrogen (secondary N) is 1. The number of hydrogen-bond donors (Lipinski definition) is 1. The van der Waals surface area contributed by atoms with Gasteiger partial charge in [-0.15, -0.1) is 0 Å². The molecule has 0 fully saturated rings. The smallest absolute Gasteiger partial charge is 0.333 e. The molecule has 4 aromatic rings. The monoisotopic (exact) mass is 424 g/mol. The van der Waals surface area contributed by atoms with Crippen LogP contribution in [-0.4, -0.2) is 24.0 Å². The van der Waals surface area contributed by atoms with Crippen LogP contribution in [0.1, 0.15) is 34.5 Å². The minimum absolute atomic E-state index is 0.336. The molecule has 0 saturated heterocycles. The molecule has 0 spiro atoms. The maximum atomic E-state index is 13.7. The van der Waals surface area contributed by atoms with Crippen LogP contribution in [0.25, 0.3) is 22.2 Å². The molecule has 4 rings (SSSR count). The highest BCUT2D eigenvalue weighted by Gasteiger charge is 2.27. The Morgan fingerprint density at radius 2 is 1.53 bits per heavy atom. The fraction of sp³-hybridized carbons (Fsp3) is 0.148. The Hall–Kier alpha value is -3.99. The summed E-state index contributed by atoms with van der Waals surface area (Å²) in [6.45, 7) is 2.00. The van der Waals surface area contributed by atoms with Gasteiger partial charge in [-0.25, -0.2) is 9.78 Å². The first-order valence-electron chi connectivity index (χ1n) is 10.5. The van der Waals surface area contributed by atoms with E-state index >= 15 is 0 Å². The first-order valence-corrected chi connectivity index (χ1v) is 10.5. The van der Waals surface area contributed by atoms with Crippen molar-refractivity contribution in [3.8, 4) is 11.3 Å². The molecule has 5 heteroatoms. The van der Waals surface area contributed by atoms with E-state index in [4.69, 9.17) is 9.72 Å². The van der Waals surface area contributed by atoms with Crippen molar-refractivity contribution in [3.05, 3.63) is 102 Å². The number of pyridine rings is 1. The summed E-state index contributed by atoms with van der Waals surface area (Å²) in [7, 11) is 1.32. The second-order valence-electron chi connectivity index (χ2n) is 7.39. The fourth-order valence-electron chi connectivity index (χ4n) is 3.93. The number of methoxy groups -OCH3 is 1. The standard InChI is InChI=1S/C27H24N2O3/c1-3-20-23(26(30)29-25(27(31)32-2)19-14-8-5-9-15-19)21-16-10-11-17-22(21)28-24(20)18-12-6-4-7-13-18/h4-17,25H,3H2,1-2H3,(H,29,30). The van der Waals surface area contributed by atoms with E-state index < -0.39 is 12.0 Å². The normalized spacial score (nSPS) is 11.7. The van der Waals surface area contributed by atoms with Crippen molar-refractivity contribution < 1.29 is 14.3 Å². The zero-order valence-corrected chi connectivity index (χ0v) is 18.0. The lowest BCUT2D eigenvalue weighted by Crippen LogP contribution is -2.35. The lowest BCUT2D eigenvalue weighted by atomic mass is 9.94. The van der Waals surface area contributed by atoms with Gasteiger partial charge < -0.3 is 10.1 Å². The first kappa shape index (κ1) is 21.2. The van der Waals surface area contributed by atoms with Gasteiger partial charge in [0, 0.05) is 10.9 Å². The van der Waals surface area contributed by atoms with Crippen molar-refractivity contribution in [2.75, 3.05) is 7.11 Å². The summed E-state index contributed by atoms with van der Waals surface area (Å²) in [5.41, 5.74) is 4.46. The molecule has 32 heavy (non-hydrogen) atoms. The number of hydrogen-bond acceptors (Lipinski definition) is 4. The number of carbonyl (C=O) groups excluding carboxylic acids is 2. The highest BCUT2D eigenvalue weighted by Crippen LogP contribution is 2.31. The van der Waals surface area contributed by atoms with E-state index in [1.165, 1.54) is 7.11 Å². The molecule has 5 nitrogen and oxygen atoms in total. The van der Waals surface area contributed by atoms with E-state index in [0.717, 1.165) is 27.7 Å². The van der Waals surface area contributed by atoms with Gasteiger partial charge in [0.1, 0.15) is 0 Å². The molecule has 0 saturated carbocycles. The number of aromatic nitrogens is 1. The third kappa shape index (κ3) is 4.10. The van der Waals surface area contributed by atoms with E-state index in [1.807, 2.05) is 79.7 Å². The van der Waals surface area contributed by atoms with Crippen molar-refractivity contribution in [1.82, 2.24) is 10.3 Å². The summed E-state index contributed by atoms with van der Waals surface area (Å²) in [5, 5.41) is 3.65. The van der Waals surface area contributed by atoms with Gasteiger partial charge in [-0.2, -0.15) is 0 Å². The molecule has 1 atom stereocenters. The van der Waals surface area contributed by atoms with Crippen molar-refractivity contribution in [3.63, 3.8) is 0 Å². The number of fused-ring (bicyclic) bond motifs is 1. The molecule has 160 valence electrons. The van der Waals surface area contributed by atoms with Gasteiger partial charge in [-0.3, -0.25) is 4.79 Å². The lowest BCUT2D eigenvalue weighted by Gasteiger charge is -2.20. The highest BCUT2D eigenvalue weighted by molar-refractivity contribution is 6.10. The average Bonchev–Trinajstić information content (AvgIpc) is 2.86. The van der Waals surface area contributed by atoms with Crippen LogP contribution in [0, 0.1) is 0 Å².